The van der Waals surface area contributed by atoms with Gasteiger partial charge in [0.25, 0.3) is 0 Å². The number of nitrogens with one attached hydrogen (secondary N) is 2. The Morgan fingerprint density at radius 1 is 1.28 bits per heavy atom. The van der Waals surface area contributed by atoms with Crippen LogP contribution < -0.4 is 15.4 Å². The van der Waals surface area contributed by atoms with Crippen LogP contribution in [0.3, 0.4) is 0 Å². The van der Waals surface area contributed by atoms with E-state index in [1.165, 1.54) is 19.3 Å². The first kappa shape index (κ1) is 21.8. The molecule has 1 aliphatic carbocycles. The van der Waals surface area contributed by atoms with Crippen LogP contribution in [-0.2, 0) is 11.3 Å². The van der Waals surface area contributed by atoms with E-state index in [0.29, 0.717) is 24.1 Å². The maximum absolute atomic E-state index is 12.8. The molecule has 1 unspecified atom stereocenters. The number of ether oxygens (including phenoxy) is 1. The molecule has 0 radical (unpaired) electrons. The van der Waals surface area contributed by atoms with Gasteiger partial charge in [0.05, 0.1) is 6.61 Å². The Bertz CT molecular complexity index is 719. The van der Waals surface area contributed by atoms with Gasteiger partial charge in [-0.05, 0) is 38.3 Å². The largest absolute Gasteiger partial charge is 0.493 e. The van der Waals surface area contributed by atoms with Crippen LogP contribution >= 0.6 is 11.6 Å². The summed E-state index contributed by atoms with van der Waals surface area (Å²) in [4.78, 5) is 19.1. The Balaban J connectivity index is 1.50. The number of carbonyl (C=O) groups excluding carboxylic acids is 1. The van der Waals surface area contributed by atoms with Gasteiger partial charge in [0.2, 0.25) is 5.91 Å². The predicted octanol–water partition coefficient (Wildman–Crippen LogP) is 3.58. The van der Waals surface area contributed by atoms with Crippen molar-refractivity contribution in [2.45, 2.75) is 58.0 Å². The van der Waals surface area contributed by atoms with Gasteiger partial charge in [0.15, 0.2) is 5.96 Å². The summed E-state index contributed by atoms with van der Waals surface area (Å²) < 4.78 is 5.69. The number of likely N-dealkylation sites (tertiary alicyclic amines) is 1. The van der Waals surface area contributed by atoms with E-state index in [-0.39, 0.29) is 12.0 Å². The van der Waals surface area contributed by atoms with Crippen molar-refractivity contribution in [2.24, 2.45) is 10.9 Å². The summed E-state index contributed by atoms with van der Waals surface area (Å²) in [6.45, 7) is 4.72. The van der Waals surface area contributed by atoms with E-state index in [0.717, 1.165) is 49.6 Å². The molecular weight excluding hydrogens is 388 g/mol. The van der Waals surface area contributed by atoms with Crippen LogP contribution in [0.5, 0.6) is 5.75 Å². The van der Waals surface area contributed by atoms with Crippen molar-refractivity contribution in [3.05, 3.63) is 28.8 Å². The Labute approximate surface area is 179 Å². The average Bonchev–Trinajstić information content (AvgIpc) is 3.21. The Hall–Kier alpha value is -1.95. The molecule has 1 aliphatic heterocycles. The molecule has 1 aromatic rings. The maximum atomic E-state index is 12.8. The van der Waals surface area contributed by atoms with Gasteiger partial charge in [-0.15, -0.1) is 0 Å². The van der Waals surface area contributed by atoms with E-state index in [1.807, 2.05) is 30.0 Å². The number of aliphatic imine (C=N–C) groups is 1. The number of hydrogen-bond acceptors (Lipinski definition) is 3. The zero-order valence-corrected chi connectivity index (χ0v) is 18.3. The molecule has 6 nitrogen and oxygen atoms in total. The second kappa shape index (κ2) is 10.7. The zero-order chi connectivity index (χ0) is 20.6. The summed E-state index contributed by atoms with van der Waals surface area (Å²) in [6.07, 6.45) is 6.71. The highest BCUT2D eigenvalue weighted by atomic mass is 35.5. The van der Waals surface area contributed by atoms with E-state index in [2.05, 4.69) is 15.6 Å². The molecule has 1 atom stereocenters. The smallest absolute Gasteiger partial charge is 0.225 e. The standard InChI is InChI=1S/C22H33ClN4O2/c1-3-29-20-13-18(23)10-9-17(20)14-25-22(24-2)26-19-11-12-27(15-19)21(28)16-7-5-4-6-8-16/h9-10,13,16,19H,3-8,11-12,14-15H2,1-2H3,(H2,24,25,26). The summed E-state index contributed by atoms with van der Waals surface area (Å²) in [6, 6.07) is 5.89. The van der Waals surface area contributed by atoms with E-state index < -0.39 is 0 Å². The monoisotopic (exact) mass is 420 g/mol. The number of guanidine groups is 1. The van der Waals surface area contributed by atoms with E-state index in [9.17, 15) is 4.79 Å². The van der Waals surface area contributed by atoms with Crippen LogP contribution in [0.2, 0.25) is 5.02 Å². The number of carbonyl (C=O) groups is 1. The summed E-state index contributed by atoms with van der Waals surface area (Å²) in [5, 5.41) is 7.48. The molecule has 1 saturated carbocycles. The van der Waals surface area contributed by atoms with E-state index >= 15 is 0 Å². The lowest BCUT2D eigenvalue weighted by molar-refractivity contribution is -0.135. The van der Waals surface area contributed by atoms with E-state index in [4.69, 9.17) is 16.3 Å². The third-order valence-electron chi connectivity index (χ3n) is 5.79. The first-order chi connectivity index (χ1) is 14.1. The molecule has 2 fully saturated rings. The number of rotatable bonds is 6. The molecule has 0 aromatic heterocycles. The van der Waals surface area contributed by atoms with Crippen molar-refractivity contribution in [1.29, 1.82) is 0 Å². The summed E-state index contributed by atoms with van der Waals surface area (Å²) in [7, 11) is 1.76. The molecule has 1 aromatic carbocycles. The Morgan fingerprint density at radius 2 is 2.07 bits per heavy atom. The van der Waals surface area contributed by atoms with Crippen molar-refractivity contribution in [3.63, 3.8) is 0 Å². The number of halogens is 1. The molecule has 2 aliphatic rings. The lowest BCUT2D eigenvalue weighted by Gasteiger charge is -2.26. The second-order valence-corrected chi connectivity index (χ2v) is 8.30. The first-order valence-electron chi connectivity index (χ1n) is 10.8. The zero-order valence-electron chi connectivity index (χ0n) is 17.5. The lowest BCUT2D eigenvalue weighted by Crippen LogP contribution is -2.45. The van der Waals surface area contributed by atoms with Gasteiger partial charge in [-0.25, -0.2) is 0 Å². The molecule has 2 N–H and O–H groups in total. The highest BCUT2D eigenvalue weighted by Crippen LogP contribution is 2.27. The molecule has 1 saturated heterocycles. The third-order valence-corrected chi connectivity index (χ3v) is 6.03. The van der Waals surface area contributed by atoms with Crippen LogP contribution in [0.15, 0.2) is 23.2 Å². The molecule has 3 rings (SSSR count). The van der Waals surface area contributed by atoms with Crippen LogP contribution in [0, 0.1) is 5.92 Å². The van der Waals surface area contributed by atoms with Crippen LogP contribution in [0.25, 0.3) is 0 Å². The first-order valence-corrected chi connectivity index (χ1v) is 11.2. The molecule has 1 amide bonds. The van der Waals surface area contributed by atoms with Crippen LogP contribution in [0.4, 0.5) is 0 Å². The lowest BCUT2D eigenvalue weighted by atomic mass is 9.88. The molecule has 7 heteroatoms. The predicted molar refractivity (Wildman–Crippen MR) is 118 cm³/mol. The fourth-order valence-corrected chi connectivity index (χ4v) is 4.38. The molecule has 0 bridgehead atoms. The maximum Gasteiger partial charge on any atom is 0.225 e. The van der Waals surface area contributed by atoms with Crippen molar-refractivity contribution in [3.8, 4) is 5.75 Å². The molecular formula is C22H33ClN4O2. The second-order valence-electron chi connectivity index (χ2n) is 7.86. The SMILES string of the molecule is CCOc1cc(Cl)ccc1CNC(=NC)NC1CCN(C(=O)C2CCCCC2)C1. The van der Waals surface area contributed by atoms with Gasteiger partial charge in [0, 0.05) is 49.2 Å². The average molecular weight is 421 g/mol. The fraction of sp³-hybridized carbons (Fsp3) is 0.636. The summed E-state index contributed by atoms with van der Waals surface area (Å²) >= 11 is 6.08. The highest BCUT2D eigenvalue weighted by Gasteiger charge is 2.31. The third kappa shape index (κ3) is 6.01. The van der Waals surface area contributed by atoms with E-state index in [1.54, 1.807) is 7.05 Å². The Kier molecular flexibility index (Phi) is 8.04. The molecule has 1 heterocycles. The van der Waals surface area contributed by atoms with Gasteiger partial charge >= 0.3 is 0 Å². The van der Waals surface area contributed by atoms with Crippen molar-refractivity contribution < 1.29 is 9.53 Å². The molecule has 160 valence electrons. The topological polar surface area (TPSA) is 66.0 Å². The minimum atomic E-state index is 0.227. The van der Waals surface area contributed by atoms with Crippen LogP contribution in [0.1, 0.15) is 51.0 Å². The van der Waals surface area contributed by atoms with Crippen LogP contribution in [-0.4, -0.2) is 49.6 Å². The van der Waals surface area contributed by atoms with Crippen molar-refractivity contribution >= 4 is 23.5 Å². The summed E-state index contributed by atoms with van der Waals surface area (Å²) in [5.74, 6) is 2.11. The minimum Gasteiger partial charge on any atom is -0.493 e. The highest BCUT2D eigenvalue weighted by molar-refractivity contribution is 6.30. The number of nitrogens with zero attached hydrogens (tertiary/aromatic N) is 2. The number of amides is 1. The molecule has 0 spiro atoms. The summed E-state index contributed by atoms with van der Waals surface area (Å²) in [5.41, 5.74) is 1.03. The van der Waals surface area contributed by atoms with Crippen molar-refractivity contribution in [1.82, 2.24) is 15.5 Å². The number of hydrogen-bond donors (Lipinski definition) is 2. The quantitative estimate of drug-likeness (QED) is 0.545. The van der Waals surface area contributed by atoms with Gasteiger partial charge in [-0.1, -0.05) is 36.9 Å². The van der Waals surface area contributed by atoms with Gasteiger partial charge in [0.1, 0.15) is 5.75 Å². The Morgan fingerprint density at radius 3 is 2.79 bits per heavy atom. The normalized spacial score (nSPS) is 20.6. The van der Waals surface area contributed by atoms with Gasteiger partial charge in [-0.3, -0.25) is 9.79 Å². The van der Waals surface area contributed by atoms with Gasteiger partial charge in [-0.2, -0.15) is 0 Å². The molecule has 29 heavy (non-hydrogen) atoms. The number of benzene rings is 1. The fourth-order valence-electron chi connectivity index (χ4n) is 4.22. The van der Waals surface area contributed by atoms with Gasteiger partial charge < -0.3 is 20.3 Å². The minimum absolute atomic E-state index is 0.227. The van der Waals surface area contributed by atoms with Crippen molar-refractivity contribution in [2.75, 3.05) is 26.7 Å².